The molecule has 0 saturated carbocycles. The number of thiazole rings is 5. The van der Waals surface area contributed by atoms with Crippen molar-refractivity contribution < 1.29 is 62.5 Å². The second-order valence-electron chi connectivity index (χ2n) is 32.1. The second kappa shape index (κ2) is 47.8. The first-order valence-electron chi connectivity index (χ1n) is 44.4. The number of nitrogens with zero attached hydrogens (tertiary/aromatic N) is 16. The number of hydrogen-bond acceptors (Lipinski definition) is 29. The van der Waals surface area contributed by atoms with Gasteiger partial charge >= 0.3 is 17.9 Å². The summed E-state index contributed by atoms with van der Waals surface area (Å²) in [6.07, 6.45) is 18.5. The molecule has 0 atom stereocenters. The van der Waals surface area contributed by atoms with E-state index >= 15 is 0 Å². The van der Waals surface area contributed by atoms with Crippen molar-refractivity contribution in [2.24, 2.45) is 7.05 Å². The number of methoxy groups -OCH3 is 3. The van der Waals surface area contributed by atoms with Gasteiger partial charge in [0.25, 0.3) is 27.8 Å². The number of ether oxygens (including phenoxy) is 3. The van der Waals surface area contributed by atoms with Crippen LogP contribution in [0.5, 0.6) is 0 Å². The average molecular weight is 2170 g/mol. The lowest BCUT2D eigenvalue weighted by molar-refractivity contribution is -0.694. The smallest absolute Gasteiger partial charge is 0.325 e. The Morgan fingerprint density at radius 1 is 0.389 bits per heavy atom. The number of fused-ring (bicyclic) bond motifs is 5. The molecule has 15 aromatic rings. The fourth-order valence-corrected chi connectivity index (χ4v) is 28.1. The third-order valence-electron chi connectivity index (χ3n) is 23.0. The van der Waals surface area contributed by atoms with Crippen LogP contribution in [0.2, 0.25) is 5.02 Å². The summed E-state index contributed by atoms with van der Waals surface area (Å²) in [7, 11) is 15.8. The molecule has 20 rings (SSSR count). The molecule has 15 heterocycles. The highest BCUT2D eigenvalue weighted by Crippen LogP contribution is 2.50. The van der Waals surface area contributed by atoms with Crippen LogP contribution in [0.4, 0.5) is 34.1 Å². The molecule has 0 amide bonds. The van der Waals surface area contributed by atoms with Crippen molar-refractivity contribution in [2.75, 3.05) is 81.1 Å². The molecule has 10 aromatic heterocycles. The van der Waals surface area contributed by atoms with Crippen molar-refractivity contribution in [3.8, 4) is 0 Å². The Morgan fingerprint density at radius 3 is 1.06 bits per heavy atom. The van der Waals surface area contributed by atoms with Gasteiger partial charge in [0.05, 0.1) is 73.4 Å². The molecule has 0 fully saturated rings. The number of hydrogen-bond donors (Lipinski definition) is 0. The maximum atomic E-state index is 13.3. The third-order valence-corrected chi connectivity index (χ3v) is 35.6. The molecule has 0 N–H and O–H groups in total. The van der Waals surface area contributed by atoms with Gasteiger partial charge < -0.3 is 63.5 Å². The summed E-state index contributed by atoms with van der Waals surface area (Å²) in [6, 6.07) is 61.0. The maximum Gasteiger partial charge on any atom is 0.325 e. The first-order valence-corrected chi connectivity index (χ1v) is 53.0. The van der Waals surface area contributed by atoms with E-state index in [9.17, 15) is 38.4 Å². The number of esters is 3. The van der Waals surface area contributed by atoms with Gasteiger partial charge in [0.1, 0.15) is 104 Å². The number of carbonyl (C=O) groups excluding carboxylic acids is 3. The van der Waals surface area contributed by atoms with Crippen LogP contribution in [0.3, 0.4) is 0 Å². The first-order chi connectivity index (χ1) is 68.6. The van der Waals surface area contributed by atoms with Gasteiger partial charge in [-0.2, -0.15) is 0 Å². The average Bonchev–Trinajstić information content (AvgIpc) is 1.64. The number of thioether (sulfide) groups is 5. The molecule has 40 heteroatoms. The SMILES string of the molecule is CCn1c(=O)/c(=C2\Sc3cc(C)ccc3N2C)s/c1=C\c1ccccn1.COC(=O)Cn1c(=O)/c(=C2\Sc3cc(C)ccc3N2C)s/c1=C\c1ccccn1.COC(=O)Cn1c(=O)/c(=C2\Sc3ccccc3N2C)s/c1=C\c1cccc[n+]1C.COC(=O)Cn1c(=O)/c(=C2\Sc3ccccc3N2C)s/c1=C\c1ccccn1.[C-]#[N+]c1ccc(/C=c2\s/c(=C3/Sc4cc(Cl)ccc4N3C)c(=O)n2CC)[n+](CC)c1.[Cl-].[Cl-]. The van der Waals surface area contributed by atoms with Crippen molar-refractivity contribution >= 4 is 235 Å². The zero-order valence-corrected chi connectivity index (χ0v) is 90.7. The largest absolute Gasteiger partial charge is 1.00 e. The molecule has 738 valence electrons. The van der Waals surface area contributed by atoms with Gasteiger partial charge in [0, 0.05) is 121 Å². The molecular weight excluding hydrogens is 2080 g/mol. The minimum Gasteiger partial charge on any atom is -1.00 e. The topological polar surface area (TPSA) is 256 Å². The molecule has 0 bridgehead atoms. The number of rotatable bonds is 14. The van der Waals surface area contributed by atoms with E-state index in [1.54, 1.807) is 82.0 Å². The number of carbonyl (C=O) groups is 3. The molecule has 144 heavy (non-hydrogen) atoms. The Labute approximate surface area is 886 Å². The lowest BCUT2D eigenvalue weighted by Crippen LogP contribution is -3.00. The number of para-hydroxylation sites is 2. The van der Waals surface area contributed by atoms with Crippen molar-refractivity contribution in [3.05, 3.63) is 373 Å². The van der Waals surface area contributed by atoms with Gasteiger partial charge in [-0.1, -0.05) is 125 Å². The van der Waals surface area contributed by atoms with Crippen molar-refractivity contribution in [2.45, 2.75) is 98.4 Å². The molecular formula is C104H95Cl3N16O11S10. The second-order valence-corrected chi connectivity index (χ2v) is 42.8. The first kappa shape index (κ1) is 107. The molecule has 0 spiro atoms. The standard InChI is InChI=1S/C22H20ClN4OS2.C21H20N3O3S2.C21H19N3O3S2.C20H17N3O3S2.C20H19N3OS2.2ClH/c1-5-26-13-15(24-3)8-9-16(26)12-19-27(6-2)21(28)20(30-19)22-25(4)17-10-7-14(23)11-18(17)29-22;1-22-11-7-6-8-14(22)12-17-24(13-18(25)27-3)20(26)19(29-17)21-23(2)15-9-4-5-10-16(15)28-21;1-13-7-8-15-16(10-13)28-21(23(15)2)19-20(26)24(12-18(25)27-3)17(29-19)11-14-6-4-5-9-22-14;1-22-14-8-3-4-9-15(14)27-20(22)18-19(25)23(12-17(24)26-2)16(28-18)11-13-7-5-6-10-21-13;1-4-23-17(12-14-7-5-6-10-21-14)26-18(19(23)24)20-22(3)15-9-8-13(2)11-16(15)25-20;;/h7-13H,5-6H2,1-2,4H3;4-12H,13H2,1-3H3;4-11H,12H2,1-3H3;3-11H,12H2,1-2H3;5-12H,4H2,1-3H3;2*1H/q2*+1;;;;;/p-2/b22-20+;21-19+;17-11-,21-19+;16-11-,20-18+;17-12-,20-18+;;. The fourth-order valence-electron chi connectivity index (χ4n) is 15.5. The quantitative estimate of drug-likeness (QED) is 0.0605. The summed E-state index contributed by atoms with van der Waals surface area (Å²) in [5.41, 5.74) is 12.1. The Hall–Kier alpha value is -12.8. The summed E-state index contributed by atoms with van der Waals surface area (Å²) in [5.74, 6) is -1.39. The normalized spacial score (nSPS) is 15.5. The Bertz CT molecular complexity index is 8580. The van der Waals surface area contributed by atoms with Gasteiger partial charge in [0.15, 0.2) is 12.4 Å². The van der Waals surface area contributed by atoms with E-state index in [4.69, 9.17) is 32.4 Å². The van der Waals surface area contributed by atoms with Crippen molar-refractivity contribution in [1.29, 1.82) is 0 Å². The van der Waals surface area contributed by atoms with E-state index < -0.39 is 17.9 Å². The molecule has 0 unspecified atom stereocenters. The van der Waals surface area contributed by atoms with Crippen molar-refractivity contribution in [1.82, 2.24) is 37.8 Å². The lowest BCUT2D eigenvalue weighted by Gasteiger charge is -2.12. The van der Waals surface area contributed by atoms with Gasteiger partial charge in [-0.25, -0.2) is 14.0 Å². The minimum atomic E-state index is -0.470. The Kier molecular flexibility index (Phi) is 35.5. The number of anilines is 5. The van der Waals surface area contributed by atoms with Crippen LogP contribution in [0, 0.1) is 20.4 Å². The van der Waals surface area contributed by atoms with E-state index in [1.165, 1.54) is 108 Å². The zero-order chi connectivity index (χ0) is 100. The highest BCUT2D eigenvalue weighted by Gasteiger charge is 2.32. The van der Waals surface area contributed by atoms with Crippen LogP contribution in [-0.4, -0.2) is 112 Å². The van der Waals surface area contributed by atoms with Gasteiger partial charge in [-0.15, -0.1) is 56.7 Å². The van der Waals surface area contributed by atoms with Crippen LogP contribution in [0.15, 0.2) is 267 Å². The van der Waals surface area contributed by atoms with E-state index in [2.05, 4.69) is 72.9 Å². The molecule has 0 aliphatic carbocycles. The number of pyridine rings is 5. The molecule has 5 aromatic carbocycles. The van der Waals surface area contributed by atoms with Crippen LogP contribution in [-0.2, 0) is 74.9 Å². The summed E-state index contributed by atoms with van der Waals surface area (Å²) < 4.78 is 33.5. The fraction of sp³-hybridized carbons (Fsp3) is 0.192. The predicted molar refractivity (Wildman–Crippen MR) is 578 cm³/mol. The summed E-state index contributed by atoms with van der Waals surface area (Å²) in [6.45, 7) is 19.0. The highest BCUT2D eigenvalue weighted by atomic mass is 35.5. The van der Waals surface area contributed by atoms with Gasteiger partial charge in [-0.05, 0) is 185 Å². The van der Waals surface area contributed by atoms with E-state index in [0.29, 0.717) is 51.4 Å². The van der Waals surface area contributed by atoms with E-state index in [0.717, 1.165) is 127 Å². The molecule has 5 aliphatic heterocycles. The maximum absolute atomic E-state index is 13.3. The summed E-state index contributed by atoms with van der Waals surface area (Å²) in [5, 5.41) is 5.21. The molecule has 27 nitrogen and oxygen atoms in total. The zero-order valence-electron chi connectivity index (χ0n) is 80.3. The van der Waals surface area contributed by atoms with Crippen LogP contribution in [0.1, 0.15) is 60.4 Å². The molecule has 0 saturated heterocycles. The molecule has 5 aliphatic rings. The number of benzene rings is 5. The van der Waals surface area contributed by atoms with Crippen LogP contribution >= 0.6 is 127 Å². The van der Waals surface area contributed by atoms with Crippen LogP contribution < -0.4 is 132 Å². The Balaban J connectivity index is 0.000000142. The number of aryl methyl sites for hydroxylation is 4. The summed E-state index contributed by atoms with van der Waals surface area (Å²) in [4.78, 5) is 134. The van der Waals surface area contributed by atoms with E-state index in [-0.39, 0.29) is 72.2 Å². The number of aromatic nitrogens is 10. The van der Waals surface area contributed by atoms with Crippen LogP contribution in [0.25, 0.3) is 60.4 Å². The highest BCUT2D eigenvalue weighted by molar-refractivity contribution is 8.10. The third kappa shape index (κ3) is 23.3. The van der Waals surface area contributed by atoms with Crippen molar-refractivity contribution in [3.63, 3.8) is 0 Å². The number of halogens is 3. The molecule has 0 radical (unpaired) electrons. The van der Waals surface area contributed by atoms with E-state index in [1.807, 2.05) is 293 Å². The summed E-state index contributed by atoms with van der Waals surface area (Å²) >= 11 is 21.2. The predicted octanol–water partition coefficient (Wildman–Crippen LogP) is 4.94. The monoisotopic (exact) mass is 2170 g/mol. The van der Waals surface area contributed by atoms with Gasteiger partial charge in [-0.3, -0.25) is 76.1 Å². The Morgan fingerprint density at radius 2 is 0.708 bits per heavy atom. The minimum absolute atomic E-state index is 0. The lowest BCUT2D eigenvalue weighted by atomic mass is 10.2. The van der Waals surface area contributed by atoms with Gasteiger partial charge in [0.2, 0.25) is 17.1 Å².